The monoisotopic (exact) mass is 277 g/mol. The van der Waals surface area contributed by atoms with Gasteiger partial charge in [0.1, 0.15) is 0 Å². The second kappa shape index (κ2) is 6.49. The molecule has 2 rings (SSSR count). The van der Waals surface area contributed by atoms with E-state index >= 15 is 0 Å². The molecule has 0 aromatic heterocycles. The van der Waals surface area contributed by atoms with Gasteiger partial charge in [0.2, 0.25) is 0 Å². The third kappa shape index (κ3) is 3.09. The lowest BCUT2D eigenvalue weighted by molar-refractivity contribution is 0.326. The summed E-state index contributed by atoms with van der Waals surface area (Å²) >= 11 is 0. The highest BCUT2D eigenvalue weighted by molar-refractivity contribution is 5.42. The Morgan fingerprint density at radius 3 is 2.75 bits per heavy atom. The molecule has 0 amide bonds. The Morgan fingerprint density at radius 1 is 1.40 bits per heavy atom. The predicted molar refractivity (Wildman–Crippen MR) is 82.2 cm³/mol. The summed E-state index contributed by atoms with van der Waals surface area (Å²) in [4.78, 5) is 0. The topological polar surface area (TPSA) is 41.5 Å². The Morgan fingerprint density at radius 2 is 2.15 bits per heavy atom. The van der Waals surface area contributed by atoms with Gasteiger partial charge in [0, 0.05) is 12.1 Å². The average Bonchev–Trinajstić information content (AvgIpc) is 2.80. The molecule has 0 saturated heterocycles. The summed E-state index contributed by atoms with van der Waals surface area (Å²) in [6.45, 7) is 6.83. The predicted octanol–water partition coefficient (Wildman–Crippen LogP) is 3.88. The molecule has 0 heterocycles. The molecule has 0 spiro atoms. The van der Waals surface area contributed by atoms with Crippen molar-refractivity contribution in [3.8, 4) is 11.5 Å². The Hall–Kier alpha value is -1.22. The number of aromatic hydroxyl groups is 1. The first-order valence-electron chi connectivity index (χ1n) is 7.69. The zero-order chi connectivity index (χ0) is 14.7. The van der Waals surface area contributed by atoms with E-state index in [9.17, 15) is 5.11 Å². The maximum atomic E-state index is 9.66. The minimum atomic E-state index is 0.198. The Balaban J connectivity index is 2.03. The van der Waals surface area contributed by atoms with Gasteiger partial charge in [-0.2, -0.15) is 0 Å². The maximum Gasteiger partial charge on any atom is 0.160 e. The first-order valence-corrected chi connectivity index (χ1v) is 7.69. The molecule has 1 aliphatic rings. The summed E-state index contributed by atoms with van der Waals surface area (Å²) in [7, 11) is 1.59. The lowest BCUT2D eigenvalue weighted by Gasteiger charge is -2.25. The number of hydrogen-bond acceptors (Lipinski definition) is 3. The molecule has 3 nitrogen and oxygen atoms in total. The lowest BCUT2D eigenvalue weighted by atomic mass is 9.93. The van der Waals surface area contributed by atoms with Gasteiger partial charge >= 0.3 is 0 Å². The first-order chi connectivity index (χ1) is 9.56. The third-order valence-electron chi connectivity index (χ3n) is 4.92. The number of nitrogens with one attached hydrogen (secondary N) is 1. The molecule has 0 radical (unpaired) electrons. The van der Waals surface area contributed by atoms with Crippen molar-refractivity contribution in [2.75, 3.05) is 7.11 Å². The molecule has 1 saturated carbocycles. The molecule has 112 valence electrons. The maximum absolute atomic E-state index is 9.66. The Labute approximate surface area is 122 Å². The van der Waals surface area contributed by atoms with Crippen LogP contribution in [0.25, 0.3) is 0 Å². The van der Waals surface area contributed by atoms with E-state index in [1.54, 1.807) is 13.2 Å². The van der Waals surface area contributed by atoms with Crippen LogP contribution in [-0.2, 0) is 0 Å². The average molecular weight is 277 g/mol. The van der Waals surface area contributed by atoms with Gasteiger partial charge in [-0.15, -0.1) is 0 Å². The molecule has 0 bridgehead atoms. The largest absolute Gasteiger partial charge is 0.504 e. The second-order valence-electron chi connectivity index (χ2n) is 6.03. The first kappa shape index (κ1) is 15.2. The molecule has 1 aromatic rings. The van der Waals surface area contributed by atoms with Crippen LogP contribution in [0.2, 0.25) is 0 Å². The molecule has 1 fully saturated rings. The molecular weight excluding hydrogens is 250 g/mol. The van der Waals surface area contributed by atoms with Crippen LogP contribution in [0.15, 0.2) is 18.2 Å². The normalized spacial score (nSPS) is 27.5. The molecule has 0 aliphatic heterocycles. The quantitative estimate of drug-likeness (QED) is 0.858. The lowest BCUT2D eigenvalue weighted by Crippen LogP contribution is -2.34. The van der Waals surface area contributed by atoms with Crippen LogP contribution in [-0.4, -0.2) is 18.3 Å². The van der Waals surface area contributed by atoms with E-state index in [2.05, 4.69) is 26.1 Å². The molecule has 20 heavy (non-hydrogen) atoms. The highest BCUT2D eigenvalue weighted by atomic mass is 16.5. The molecule has 1 aromatic carbocycles. The zero-order valence-electron chi connectivity index (χ0n) is 13.0. The van der Waals surface area contributed by atoms with Gasteiger partial charge in [0.15, 0.2) is 11.5 Å². The minimum Gasteiger partial charge on any atom is -0.504 e. The fourth-order valence-electron chi connectivity index (χ4n) is 3.44. The SMILES string of the molecule is CCC1CCC(NC(C)c2ccc(O)c(OC)c2)C1C. The minimum absolute atomic E-state index is 0.198. The van der Waals surface area contributed by atoms with E-state index in [0.29, 0.717) is 11.8 Å². The summed E-state index contributed by atoms with van der Waals surface area (Å²) in [5.74, 6) is 2.33. The third-order valence-corrected chi connectivity index (χ3v) is 4.92. The van der Waals surface area contributed by atoms with E-state index < -0.39 is 0 Å². The van der Waals surface area contributed by atoms with Gasteiger partial charge < -0.3 is 15.2 Å². The van der Waals surface area contributed by atoms with Gasteiger partial charge in [0.05, 0.1) is 7.11 Å². The fraction of sp³-hybridized carbons (Fsp3) is 0.647. The number of ether oxygens (including phenoxy) is 1. The van der Waals surface area contributed by atoms with Crippen molar-refractivity contribution in [2.24, 2.45) is 11.8 Å². The Bertz CT molecular complexity index is 447. The van der Waals surface area contributed by atoms with Crippen molar-refractivity contribution in [2.45, 2.75) is 52.1 Å². The van der Waals surface area contributed by atoms with Crippen LogP contribution < -0.4 is 10.1 Å². The smallest absolute Gasteiger partial charge is 0.160 e. The van der Waals surface area contributed by atoms with Crippen molar-refractivity contribution >= 4 is 0 Å². The van der Waals surface area contributed by atoms with Gasteiger partial charge in [-0.05, 0) is 49.3 Å². The van der Waals surface area contributed by atoms with Crippen LogP contribution in [0.4, 0.5) is 0 Å². The highest BCUT2D eigenvalue weighted by Crippen LogP contribution is 2.36. The van der Waals surface area contributed by atoms with E-state index in [0.717, 1.165) is 17.4 Å². The van der Waals surface area contributed by atoms with E-state index in [4.69, 9.17) is 4.74 Å². The summed E-state index contributed by atoms with van der Waals surface area (Å²) < 4.78 is 5.18. The molecule has 4 unspecified atom stereocenters. The summed E-state index contributed by atoms with van der Waals surface area (Å²) in [6, 6.07) is 6.46. The van der Waals surface area contributed by atoms with Gasteiger partial charge in [-0.1, -0.05) is 26.3 Å². The molecule has 2 N–H and O–H groups in total. The standard InChI is InChI=1S/C17H27NO2/c1-5-13-6-8-15(11(13)2)18-12(3)14-7-9-16(19)17(10-14)20-4/h7,9-13,15,18-19H,5-6,8H2,1-4H3. The number of hydrogen-bond donors (Lipinski definition) is 2. The van der Waals surface area contributed by atoms with Crippen LogP contribution in [0.5, 0.6) is 11.5 Å². The van der Waals surface area contributed by atoms with Crippen LogP contribution >= 0.6 is 0 Å². The number of phenols is 1. The van der Waals surface area contributed by atoms with Crippen molar-refractivity contribution in [3.05, 3.63) is 23.8 Å². The highest BCUT2D eigenvalue weighted by Gasteiger charge is 2.32. The molecule has 4 atom stereocenters. The second-order valence-corrected chi connectivity index (χ2v) is 6.03. The van der Waals surface area contributed by atoms with E-state index in [1.165, 1.54) is 19.3 Å². The molecular formula is C17H27NO2. The van der Waals surface area contributed by atoms with E-state index in [-0.39, 0.29) is 11.8 Å². The number of benzene rings is 1. The summed E-state index contributed by atoms with van der Waals surface area (Å²) in [5, 5.41) is 13.4. The van der Waals surface area contributed by atoms with Crippen molar-refractivity contribution in [1.29, 1.82) is 0 Å². The van der Waals surface area contributed by atoms with Gasteiger partial charge in [-0.3, -0.25) is 0 Å². The van der Waals surface area contributed by atoms with Gasteiger partial charge in [0.25, 0.3) is 0 Å². The number of rotatable bonds is 5. The molecule has 1 aliphatic carbocycles. The van der Waals surface area contributed by atoms with Crippen molar-refractivity contribution < 1.29 is 9.84 Å². The van der Waals surface area contributed by atoms with Crippen LogP contribution in [0.3, 0.4) is 0 Å². The van der Waals surface area contributed by atoms with Crippen molar-refractivity contribution in [3.63, 3.8) is 0 Å². The summed E-state index contributed by atoms with van der Waals surface area (Å²) in [5.41, 5.74) is 1.16. The number of methoxy groups -OCH3 is 1. The Kier molecular flexibility index (Phi) is 4.92. The molecule has 3 heteroatoms. The van der Waals surface area contributed by atoms with Crippen molar-refractivity contribution in [1.82, 2.24) is 5.32 Å². The van der Waals surface area contributed by atoms with Crippen LogP contribution in [0.1, 0.15) is 51.6 Å². The van der Waals surface area contributed by atoms with E-state index in [1.807, 2.05) is 12.1 Å². The zero-order valence-corrected chi connectivity index (χ0v) is 13.0. The van der Waals surface area contributed by atoms with Gasteiger partial charge in [-0.25, -0.2) is 0 Å². The van der Waals surface area contributed by atoms with Crippen LogP contribution in [0, 0.1) is 11.8 Å². The summed E-state index contributed by atoms with van der Waals surface area (Å²) in [6.07, 6.45) is 3.88. The fourth-order valence-corrected chi connectivity index (χ4v) is 3.44. The number of phenolic OH excluding ortho intramolecular Hbond substituents is 1.